The van der Waals surface area contributed by atoms with E-state index in [1.165, 1.54) is 46.2 Å². The first-order chi connectivity index (χ1) is 13.8. The fourth-order valence-corrected chi connectivity index (χ4v) is 3.84. The lowest BCUT2D eigenvalue weighted by molar-refractivity contribution is 0.494. The standard InChI is InChI=1S/C28H33N/c1-20(2)17-27(21(3)4)19-28-18-26(10-9-22(28)5)25-13-11-24(12-14-25)23(6)29-15-7-8-16-29/h9-14,18-19H,1,3,6-8,15-17H2,2,4-5H3/b27-19+. The molecule has 1 saturated heterocycles. The minimum Gasteiger partial charge on any atom is -0.372 e. The van der Waals surface area contributed by atoms with Gasteiger partial charge in [0.15, 0.2) is 0 Å². The van der Waals surface area contributed by atoms with Crippen molar-refractivity contribution in [2.24, 2.45) is 0 Å². The van der Waals surface area contributed by atoms with E-state index in [2.05, 4.69) is 93.9 Å². The average Bonchev–Trinajstić information content (AvgIpc) is 3.23. The van der Waals surface area contributed by atoms with Crippen molar-refractivity contribution < 1.29 is 0 Å². The molecule has 0 aliphatic carbocycles. The molecule has 0 N–H and O–H groups in total. The highest BCUT2D eigenvalue weighted by Crippen LogP contribution is 2.29. The maximum atomic E-state index is 4.31. The second kappa shape index (κ2) is 9.13. The highest BCUT2D eigenvalue weighted by Gasteiger charge is 2.14. The topological polar surface area (TPSA) is 3.24 Å². The first kappa shape index (κ1) is 20.9. The predicted octanol–water partition coefficient (Wildman–Crippen LogP) is 7.65. The van der Waals surface area contributed by atoms with Gasteiger partial charge in [0.1, 0.15) is 0 Å². The molecular weight excluding hydrogens is 350 g/mol. The van der Waals surface area contributed by atoms with Crippen LogP contribution in [0.4, 0.5) is 0 Å². The molecule has 0 bridgehead atoms. The SMILES string of the molecule is C=C(C)C/C(=C\c1cc(-c2ccc(C(=C)N3CCCC3)cc2)ccc1C)C(=C)C. The molecule has 1 aliphatic rings. The Bertz CT molecular complexity index is 950. The van der Waals surface area contributed by atoms with Crippen molar-refractivity contribution in [1.82, 2.24) is 4.90 Å². The van der Waals surface area contributed by atoms with Crippen LogP contribution < -0.4 is 0 Å². The quantitative estimate of drug-likeness (QED) is 0.350. The molecule has 150 valence electrons. The van der Waals surface area contributed by atoms with E-state index in [0.29, 0.717) is 0 Å². The molecule has 1 fully saturated rings. The summed E-state index contributed by atoms with van der Waals surface area (Å²) in [5, 5.41) is 0. The summed E-state index contributed by atoms with van der Waals surface area (Å²) in [5.41, 5.74) is 10.8. The average molecular weight is 384 g/mol. The van der Waals surface area contributed by atoms with E-state index in [9.17, 15) is 0 Å². The maximum Gasteiger partial charge on any atom is 0.0366 e. The third kappa shape index (κ3) is 5.17. The van der Waals surface area contributed by atoms with Crippen molar-refractivity contribution in [2.75, 3.05) is 13.1 Å². The summed E-state index contributed by atoms with van der Waals surface area (Å²) in [7, 11) is 0. The lowest BCUT2D eigenvalue weighted by atomic mass is 9.94. The Hall–Kier alpha value is -2.80. The number of aryl methyl sites for hydroxylation is 1. The van der Waals surface area contributed by atoms with Crippen molar-refractivity contribution >= 4 is 11.8 Å². The monoisotopic (exact) mass is 383 g/mol. The molecule has 1 heteroatoms. The van der Waals surface area contributed by atoms with Crippen molar-refractivity contribution in [3.05, 3.63) is 95.6 Å². The van der Waals surface area contributed by atoms with E-state index >= 15 is 0 Å². The van der Waals surface area contributed by atoms with E-state index < -0.39 is 0 Å². The third-order valence-electron chi connectivity index (χ3n) is 5.69. The van der Waals surface area contributed by atoms with Gasteiger partial charge in [-0.25, -0.2) is 0 Å². The third-order valence-corrected chi connectivity index (χ3v) is 5.69. The maximum absolute atomic E-state index is 4.31. The second-order valence-electron chi connectivity index (χ2n) is 8.37. The second-order valence-corrected chi connectivity index (χ2v) is 8.37. The van der Waals surface area contributed by atoms with Gasteiger partial charge >= 0.3 is 0 Å². The van der Waals surface area contributed by atoms with Crippen LogP contribution in [-0.2, 0) is 0 Å². The minimum atomic E-state index is 0.867. The van der Waals surface area contributed by atoms with Crippen LogP contribution in [0, 0.1) is 6.92 Å². The zero-order valence-electron chi connectivity index (χ0n) is 18.2. The van der Waals surface area contributed by atoms with Crippen molar-refractivity contribution in [2.45, 2.75) is 40.0 Å². The molecule has 0 spiro atoms. The van der Waals surface area contributed by atoms with Gasteiger partial charge in [0, 0.05) is 18.8 Å². The van der Waals surface area contributed by atoms with Crippen LogP contribution >= 0.6 is 0 Å². The fourth-order valence-electron chi connectivity index (χ4n) is 3.84. The van der Waals surface area contributed by atoms with Crippen LogP contribution in [0.3, 0.4) is 0 Å². The Morgan fingerprint density at radius 3 is 2.14 bits per heavy atom. The molecule has 0 saturated carbocycles. The van der Waals surface area contributed by atoms with Gasteiger partial charge in [0.05, 0.1) is 0 Å². The Labute approximate surface area is 176 Å². The summed E-state index contributed by atoms with van der Waals surface area (Å²) in [6, 6.07) is 15.5. The van der Waals surface area contributed by atoms with Gasteiger partial charge in [-0.2, -0.15) is 0 Å². The van der Waals surface area contributed by atoms with E-state index in [1.807, 2.05) is 0 Å². The number of allylic oxidation sites excluding steroid dienone is 3. The largest absolute Gasteiger partial charge is 0.372 e. The van der Waals surface area contributed by atoms with E-state index in [0.717, 1.165) is 36.4 Å². The van der Waals surface area contributed by atoms with Crippen LogP contribution in [0.5, 0.6) is 0 Å². The van der Waals surface area contributed by atoms with E-state index in [4.69, 9.17) is 0 Å². The Balaban J connectivity index is 1.88. The van der Waals surface area contributed by atoms with Crippen molar-refractivity contribution in [3.63, 3.8) is 0 Å². The van der Waals surface area contributed by atoms with Gasteiger partial charge in [-0.1, -0.05) is 73.4 Å². The molecule has 29 heavy (non-hydrogen) atoms. The Kier molecular flexibility index (Phi) is 6.59. The van der Waals surface area contributed by atoms with Gasteiger partial charge in [0.2, 0.25) is 0 Å². The van der Waals surface area contributed by atoms with Gasteiger partial charge in [-0.05, 0) is 79.5 Å². The van der Waals surface area contributed by atoms with Gasteiger partial charge in [-0.3, -0.25) is 0 Å². The minimum absolute atomic E-state index is 0.867. The highest BCUT2D eigenvalue weighted by atomic mass is 15.1. The first-order valence-corrected chi connectivity index (χ1v) is 10.5. The number of rotatable bonds is 7. The van der Waals surface area contributed by atoms with Gasteiger partial charge in [0.25, 0.3) is 0 Å². The Morgan fingerprint density at radius 2 is 1.55 bits per heavy atom. The zero-order valence-corrected chi connectivity index (χ0v) is 18.2. The number of hydrogen-bond acceptors (Lipinski definition) is 1. The summed E-state index contributed by atoms with van der Waals surface area (Å²) < 4.78 is 0. The molecule has 1 heterocycles. The van der Waals surface area contributed by atoms with Crippen molar-refractivity contribution in [3.8, 4) is 11.1 Å². The van der Waals surface area contributed by atoms with Crippen LogP contribution in [-0.4, -0.2) is 18.0 Å². The van der Waals surface area contributed by atoms with Crippen molar-refractivity contribution in [1.29, 1.82) is 0 Å². The molecule has 0 aromatic heterocycles. The molecule has 2 aromatic carbocycles. The fraction of sp³-hybridized carbons (Fsp3) is 0.286. The molecule has 1 nitrogen and oxygen atoms in total. The van der Waals surface area contributed by atoms with E-state index in [1.54, 1.807) is 0 Å². The number of hydrogen-bond donors (Lipinski definition) is 0. The molecular formula is C28H33N. The number of benzene rings is 2. The summed E-state index contributed by atoms with van der Waals surface area (Å²) in [4.78, 5) is 2.39. The van der Waals surface area contributed by atoms with Crippen LogP contribution in [0.2, 0.25) is 0 Å². The number of likely N-dealkylation sites (tertiary alicyclic amines) is 1. The molecule has 0 atom stereocenters. The molecule has 0 unspecified atom stereocenters. The smallest absolute Gasteiger partial charge is 0.0366 e. The summed E-state index contributed by atoms with van der Waals surface area (Å²) in [6.45, 7) is 21.1. The highest BCUT2D eigenvalue weighted by molar-refractivity contribution is 5.73. The van der Waals surface area contributed by atoms with Crippen LogP contribution in [0.1, 0.15) is 49.8 Å². The summed E-state index contributed by atoms with van der Waals surface area (Å²) >= 11 is 0. The predicted molar refractivity (Wildman–Crippen MR) is 129 cm³/mol. The molecule has 3 rings (SSSR count). The lowest BCUT2D eigenvalue weighted by Gasteiger charge is -2.20. The molecule has 0 radical (unpaired) electrons. The van der Waals surface area contributed by atoms with E-state index in [-0.39, 0.29) is 0 Å². The van der Waals surface area contributed by atoms with Gasteiger partial charge in [-0.15, -0.1) is 0 Å². The zero-order chi connectivity index (χ0) is 21.0. The van der Waals surface area contributed by atoms with Crippen LogP contribution in [0.15, 0.2) is 78.9 Å². The normalized spacial score (nSPS) is 14.2. The first-order valence-electron chi connectivity index (χ1n) is 10.5. The molecule has 1 aliphatic heterocycles. The van der Waals surface area contributed by atoms with Gasteiger partial charge < -0.3 is 4.90 Å². The summed E-state index contributed by atoms with van der Waals surface area (Å²) in [6.07, 6.45) is 5.67. The van der Waals surface area contributed by atoms with Crippen LogP contribution in [0.25, 0.3) is 22.9 Å². The lowest BCUT2D eigenvalue weighted by Crippen LogP contribution is -2.16. The molecule has 0 amide bonds. The molecule has 2 aromatic rings. The number of nitrogens with zero attached hydrogens (tertiary/aromatic N) is 1. The summed E-state index contributed by atoms with van der Waals surface area (Å²) in [5.74, 6) is 0. The Morgan fingerprint density at radius 1 is 0.931 bits per heavy atom.